The van der Waals surface area contributed by atoms with E-state index in [0.29, 0.717) is 5.56 Å². The molecule has 0 aliphatic heterocycles. The molecule has 3 nitrogen and oxygen atoms in total. The normalized spacial score (nSPS) is 14.0. The molecule has 0 unspecified atom stereocenters. The minimum Gasteiger partial charge on any atom is -0.455 e. The first-order valence-electron chi connectivity index (χ1n) is 8.62. The molecule has 3 aromatic heterocycles. The molecular weight excluding hydrogens is 272 g/mol. The van der Waals surface area contributed by atoms with E-state index in [1.54, 1.807) is 24.7 Å². The fraction of sp³-hybridized carbons (Fsp3) is 0.158. The van der Waals surface area contributed by atoms with Crippen molar-refractivity contribution in [1.29, 1.82) is 0 Å². The van der Waals surface area contributed by atoms with Crippen LogP contribution in [0.15, 0.2) is 53.3 Å². The van der Waals surface area contributed by atoms with Crippen molar-refractivity contribution in [2.45, 2.75) is 13.8 Å². The van der Waals surface area contributed by atoms with Crippen LogP contribution < -0.4 is 4.57 Å². The van der Waals surface area contributed by atoms with E-state index in [2.05, 4.69) is 11.1 Å². The Morgan fingerprint density at radius 2 is 2.05 bits per heavy atom. The van der Waals surface area contributed by atoms with Crippen LogP contribution >= 0.6 is 0 Å². The van der Waals surface area contributed by atoms with Gasteiger partial charge in [-0.15, -0.1) is 0 Å². The van der Waals surface area contributed by atoms with Gasteiger partial charge in [0.1, 0.15) is 18.2 Å². The number of hydrogen-bond donors (Lipinski definition) is 0. The summed E-state index contributed by atoms with van der Waals surface area (Å²) < 4.78 is 30.7. The minimum atomic E-state index is -2.12. The lowest BCUT2D eigenvalue weighted by Gasteiger charge is -2.05. The van der Waals surface area contributed by atoms with E-state index >= 15 is 0 Å². The minimum absolute atomic E-state index is 0.317. The summed E-state index contributed by atoms with van der Waals surface area (Å²) in [7, 11) is 1.85. The Hall–Kier alpha value is -2.68. The topological polar surface area (TPSA) is 29.9 Å². The molecule has 3 heteroatoms. The van der Waals surface area contributed by atoms with Gasteiger partial charge in [0.15, 0.2) is 6.20 Å². The van der Waals surface area contributed by atoms with Gasteiger partial charge < -0.3 is 4.42 Å². The first-order valence-corrected chi connectivity index (χ1v) is 7.12. The molecule has 4 rings (SSSR count). The van der Waals surface area contributed by atoms with Crippen LogP contribution in [0.1, 0.15) is 15.2 Å². The summed E-state index contributed by atoms with van der Waals surface area (Å²) in [6.07, 6.45) is 5.17. The van der Waals surface area contributed by atoms with Crippen molar-refractivity contribution >= 4 is 21.9 Å². The van der Waals surface area contributed by atoms with Crippen molar-refractivity contribution in [2.24, 2.45) is 7.05 Å². The van der Waals surface area contributed by atoms with Gasteiger partial charge in [-0.1, -0.05) is 12.1 Å². The smallest absolute Gasteiger partial charge is 0.216 e. The van der Waals surface area contributed by atoms with Crippen LogP contribution in [0.3, 0.4) is 0 Å². The fourth-order valence-corrected chi connectivity index (χ4v) is 2.97. The summed E-state index contributed by atoms with van der Waals surface area (Å²) in [5, 5.41) is 1.98. The van der Waals surface area contributed by atoms with Crippen molar-refractivity contribution in [2.75, 3.05) is 0 Å². The Morgan fingerprint density at radius 1 is 1.14 bits per heavy atom. The van der Waals surface area contributed by atoms with Gasteiger partial charge in [-0.05, 0) is 31.5 Å². The zero-order valence-electron chi connectivity index (χ0n) is 15.4. The van der Waals surface area contributed by atoms with Gasteiger partial charge >= 0.3 is 0 Å². The van der Waals surface area contributed by atoms with Crippen LogP contribution in [0.5, 0.6) is 0 Å². The van der Waals surface area contributed by atoms with Crippen LogP contribution in [-0.2, 0) is 7.05 Å². The summed E-state index contributed by atoms with van der Waals surface area (Å²) in [6.45, 7) is -0.0970. The van der Waals surface area contributed by atoms with Gasteiger partial charge in [-0.2, -0.15) is 0 Å². The second-order valence-electron chi connectivity index (χ2n) is 5.52. The quantitative estimate of drug-likeness (QED) is 0.495. The van der Waals surface area contributed by atoms with Crippen molar-refractivity contribution in [3.8, 4) is 11.3 Å². The molecular formula is C19H17N2O+. The Kier molecular flexibility index (Phi) is 2.15. The zero-order valence-corrected chi connectivity index (χ0v) is 12.4. The number of rotatable bonds is 1. The van der Waals surface area contributed by atoms with Crippen molar-refractivity contribution in [1.82, 2.24) is 4.98 Å². The van der Waals surface area contributed by atoms with E-state index in [1.165, 1.54) is 0 Å². The number of aromatic nitrogens is 2. The first-order chi connectivity index (χ1) is 11.9. The first kappa shape index (κ1) is 10.1. The van der Waals surface area contributed by atoms with E-state index in [0.717, 1.165) is 38.8 Å². The second kappa shape index (κ2) is 4.67. The molecule has 1 aromatic carbocycles. The molecule has 0 fully saturated rings. The lowest BCUT2D eigenvalue weighted by atomic mass is 10.0. The number of fused-ring (bicyclic) bond motifs is 3. The molecule has 0 bridgehead atoms. The number of furan rings is 1. The highest BCUT2D eigenvalue weighted by atomic mass is 16.3. The molecule has 0 saturated carbocycles. The van der Waals surface area contributed by atoms with Gasteiger partial charge in [-0.3, -0.25) is 4.98 Å². The largest absolute Gasteiger partial charge is 0.455 e. The average Bonchev–Trinajstić information content (AvgIpc) is 2.93. The maximum absolute atomic E-state index is 7.59. The van der Waals surface area contributed by atoms with Gasteiger partial charge in [0.25, 0.3) is 0 Å². The molecule has 0 N–H and O–H groups in total. The standard InChI is InChI=1S/C19H17N2O/c1-12-4-7-16(21(3)11-12)18-13(2)5-6-14-15-10-20-9-8-17(15)22-19(14)18/h4-11H,1-3H3/q+1/i1D3. The predicted octanol–water partition coefficient (Wildman–Crippen LogP) is 4.09. The lowest BCUT2D eigenvalue weighted by molar-refractivity contribution is -0.660. The molecule has 0 aliphatic carbocycles. The Balaban J connectivity index is 2.02. The van der Waals surface area contributed by atoms with E-state index < -0.39 is 6.85 Å². The molecule has 0 radical (unpaired) electrons. The third-order valence-electron chi connectivity index (χ3n) is 4.04. The number of aryl methyl sites for hydroxylation is 3. The number of nitrogens with zero attached hydrogens (tertiary/aromatic N) is 2. The molecule has 0 aliphatic rings. The van der Waals surface area contributed by atoms with E-state index in [-0.39, 0.29) is 0 Å². The highest BCUT2D eigenvalue weighted by molar-refractivity contribution is 6.09. The SMILES string of the molecule is [2H]C([2H])([2H])c1ccc(-c2c(C)ccc3c2oc2ccncc23)[n+](C)c1. The third kappa shape index (κ3) is 1.82. The third-order valence-corrected chi connectivity index (χ3v) is 4.04. The molecule has 22 heavy (non-hydrogen) atoms. The van der Waals surface area contributed by atoms with Crippen molar-refractivity contribution in [3.63, 3.8) is 0 Å². The monoisotopic (exact) mass is 292 g/mol. The van der Waals surface area contributed by atoms with Gasteiger partial charge in [0.05, 0.1) is 5.56 Å². The second-order valence-corrected chi connectivity index (χ2v) is 5.52. The summed E-state index contributed by atoms with van der Waals surface area (Å²) >= 11 is 0. The predicted molar refractivity (Wildman–Crippen MR) is 87.6 cm³/mol. The summed E-state index contributed by atoms with van der Waals surface area (Å²) in [6, 6.07) is 9.45. The zero-order chi connectivity index (χ0) is 17.8. The number of hydrogen-bond acceptors (Lipinski definition) is 2. The van der Waals surface area contributed by atoms with Crippen LogP contribution in [0.4, 0.5) is 0 Å². The van der Waals surface area contributed by atoms with Gasteiger partial charge in [0, 0.05) is 38.9 Å². The summed E-state index contributed by atoms with van der Waals surface area (Å²) in [5.74, 6) is 0. The van der Waals surface area contributed by atoms with Crippen LogP contribution in [0.25, 0.3) is 33.2 Å². The van der Waals surface area contributed by atoms with Crippen LogP contribution in [-0.4, -0.2) is 4.98 Å². The summed E-state index contributed by atoms with van der Waals surface area (Å²) in [4.78, 5) is 4.19. The number of pyridine rings is 2. The fourth-order valence-electron chi connectivity index (χ4n) is 2.97. The maximum Gasteiger partial charge on any atom is 0.216 e. The number of benzene rings is 1. The highest BCUT2D eigenvalue weighted by Crippen LogP contribution is 2.36. The molecule has 0 saturated heterocycles. The van der Waals surface area contributed by atoms with Crippen LogP contribution in [0.2, 0.25) is 0 Å². The van der Waals surface area contributed by atoms with E-state index in [4.69, 9.17) is 8.53 Å². The highest BCUT2D eigenvalue weighted by Gasteiger charge is 2.20. The Morgan fingerprint density at radius 3 is 2.86 bits per heavy atom. The van der Waals surface area contributed by atoms with Crippen LogP contribution in [0, 0.1) is 13.8 Å². The summed E-state index contributed by atoms with van der Waals surface area (Å²) in [5.41, 5.74) is 4.84. The lowest BCUT2D eigenvalue weighted by Crippen LogP contribution is -2.31. The Labute approximate surface area is 133 Å². The van der Waals surface area contributed by atoms with E-state index in [1.807, 2.05) is 36.7 Å². The molecule has 0 atom stereocenters. The van der Waals surface area contributed by atoms with Crippen molar-refractivity contribution in [3.05, 3.63) is 60.0 Å². The maximum atomic E-state index is 7.59. The molecule has 3 heterocycles. The van der Waals surface area contributed by atoms with Crippen molar-refractivity contribution < 1.29 is 13.1 Å². The Bertz CT molecular complexity index is 1110. The molecule has 4 aromatic rings. The molecule has 108 valence electrons. The van der Waals surface area contributed by atoms with Gasteiger partial charge in [-0.25, -0.2) is 4.57 Å². The molecule has 0 amide bonds. The average molecular weight is 292 g/mol. The van der Waals surface area contributed by atoms with Gasteiger partial charge in [0.2, 0.25) is 5.69 Å². The molecule has 0 spiro atoms. The van der Waals surface area contributed by atoms with E-state index in [9.17, 15) is 0 Å².